The second-order valence-electron chi connectivity index (χ2n) is 6.10. The van der Waals surface area contributed by atoms with Crippen LogP contribution in [0, 0.1) is 11.6 Å². The quantitative estimate of drug-likeness (QED) is 0.474. The van der Waals surface area contributed by atoms with Crippen molar-refractivity contribution in [1.29, 1.82) is 0 Å². The van der Waals surface area contributed by atoms with E-state index >= 15 is 0 Å². The summed E-state index contributed by atoms with van der Waals surface area (Å²) in [6.07, 6.45) is 1.73. The monoisotopic (exact) mass is 346 g/mol. The number of aromatic nitrogens is 4. The summed E-state index contributed by atoms with van der Waals surface area (Å²) in [5.41, 5.74) is 3.87. The molecule has 0 saturated carbocycles. The first kappa shape index (κ1) is 14.9. The van der Waals surface area contributed by atoms with E-state index < -0.39 is 0 Å². The molecule has 3 heterocycles. The molecule has 0 fully saturated rings. The number of hydrogen-bond acceptors (Lipinski definition) is 3. The molecular weight excluding hydrogens is 334 g/mol. The number of hydrogen-bond donors (Lipinski definition) is 0. The van der Waals surface area contributed by atoms with E-state index in [0.29, 0.717) is 34.1 Å². The summed E-state index contributed by atoms with van der Waals surface area (Å²) in [5, 5.41) is 0.648. The summed E-state index contributed by atoms with van der Waals surface area (Å²) in [5.74, 6) is -0.731. The Morgan fingerprint density at radius 2 is 1.69 bits per heavy atom. The fourth-order valence-electron chi connectivity index (χ4n) is 3.25. The first-order chi connectivity index (χ1) is 12.7. The van der Waals surface area contributed by atoms with E-state index in [4.69, 9.17) is 0 Å². The number of benzene rings is 2. The van der Waals surface area contributed by atoms with E-state index in [0.717, 1.165) is 11.2 Å². The first-order valence-electron chi connectivity index (χ1n) is 8.14. The predicted molar refractivity (Wildman–Crippen MR) is 95.8 cm³/mol. The molecule has 3 aromatic heterocycles. The molecule has 126 valence electrons. The van der Waals surface area contributed by atoms with E-state index in [1.54, 1.807) is 18.3 Å². The molecule has 0 amide bonds. The van der Waals surface area contributed by atoms with Crippen LogP contribution in [0.1, 0.15) is 5.69 Å². The number of halogens is 2. The lowest BCUT2D eigenvalue weighted by atomic mass is 10.2. The van der Waals surface area contributed by atoms with Crippen molar-refractivity contribution >= 4 is 33.1 Å². The van der Waals surface area contributed by atoms with Gasteiger partial charge in [0.2, 0.25) is 0 Å². The Morgan fingerprint density at radius 3 is 2.54 bits per heavy atom. The van der Waals surface area contributed by atoms with Crippen molar-refractivity contribution in [3.05, 3.63) is 78.1 Å². The van der Waals surface area contributed by atoms with E-state index in [1.807, 2.05) is 22.8 Å². The van der Waals surface area contributed by atoms with Gasteiger partial charge >= 0.3 is 0 Å². The normalized spacial score (nSPS) is 11.6. The largest absolute Gasteiger partial charge is 0.318 e. The molecule has 0 aliphatic rings. The van der Waals surface area contributed by atoms with Crippen molar-refractivity contribution in [3.8, 4) is 0 Å². The summed E-state index contributed by atoms with van der Waals surface area (Å²) in [6, 6.07) is 14.5. The molecule has 0 bridgehead atoms. The summed E-state index contributed by atoms with van der Waals surface area (Å²) < 4.78 is 29.4. The van der Waals surface area contributed by atoms with Gasteiger partial charge in [-0.3, -0.25) is 4.98 Å². The van der Waals surface area contributed by atoms with Gasteiger partial charge in [0.05, 0.1) is 28.8 Å². The number of nitrogens with zero attached hydrogens (tertiary/aromatic N) is 4. The van der Waals surface area contributed by atoms with Gasteiger partial charge in [0.15, 0.2) is 5.65 Å². The molecule has 0 aliphatic carbocycles. The second kappa shape index (κ2) is 5.56. The Morgan fingerprint density at radius 1 is 0.846 bits per heavy atom. The summed E-state index contributed by atoms with van der Waals surface area (Å²) >= 11 is 0. The van der Waals surface area contributed by atoms with Gasteiger partial charge in [-0.15, -0.1) is 0 Å². The third kappa shape index (κ3) is 2.30. The molecule has 5 aromatic rings. The van der Waals surface area contributed by atoms with Crippen molar-refractivity contribution in [2.45, 2.75) is 6.54 Å². The van der Waals surface area contributed by atoms with Crippen LogP contribution < -0.4 is 0 Å². The first-order valence-corrected chi connectivity index (χ1v) is 8.14. The minimum absolute atomic E-state index is 0.351. The highest BCUT2D eigenvalue weighted by atomic mass is 19.1. The third-order valence-electron chi connectivity index (χ3n) is 4.41. The molecule has 0 unspecified atom stereocenters. The maximum atomic E-state index is 13.8. The zero-order valence-electron chi connectivity index (χ0n) is 13.5. The topological polar surface area (TPSA) is 43.6 Å². The molecule has 0 atom stereocenters. The molecule has 4 nitrogen and oxygen atoms in total. The maximum Gasteiger partial charge on any atom is 0.160 e. The molecule has 2 aromatic carbocycles. The number of rotatable bonds is 2. The SMILES string of the molecule is Fc1ccc2nc3c(nc2c1)c1cc(F)ccc1n3Cc1ccccn1. The van der Waals surface area contributed by atoms with E-state index in [1.165, 1.54) is 24.3 Å². The van der Waals surface area contributed by atoms with Crippen molar-refractivity contribution in [2.75, 3.05) is 0 Å². The van der Waals surface area contributed by atoms with Crippen LogP contribution in [0.3, 0.4) is 0 Å². The Kier molecular flexibility index (Phi) is 3.18. The number of fused-ring (bicyclic) bond motifs is 4. The Balaban J connectivity index is 1.87. The highest BCUT2D eigenvalue weighted by Crippen LogP contribution is 2.29. The van der Waals surface area contributed by atoms with Gasteiger partial charge < -0.3 is 4.57 Å². The zero-order chi connectivity index (χ0) is 17.7. The third-order valence-corrected chi connectivity index (χ3v) is 4.41. The molecule has 26 heavy (non-hydrogen) atoms. The molecule has 0 saturated heterocycles. The van der Waals surface area contributed by atoms with Crippen LogP contribution in [0.5, 0.6) is 0 Å². The van der Waals surface area contributed by atoms with Gasteiger partial charge in [0.25, 0.3) is 0 Å². The van der Waals surface area contributed by atoms with Gasteiger partial charge in [-0.2, -0.15) is 0 Å². The molecule has 0 spiro atoms. The average Bonchev–Trinajstić information content (AvgIpc) is 2.93. The predicted octanol–water partition coefficient (Wildman–Crippen LogP) is 4.46. The van der Waals surface area contributed by atoms with Gasteiger partial charge in [0, 0.05) is 17.6 Å². The lowest BCUT2D eigenvalue weighted by Crippen LogP contribution is -2.02. The van der Waals surface area contributed by atoms with Crippen molar-refractivity contribution in [2.24, 2.45) is 0 Å². The second-order valence-corrected chi connectivity index (χ2v) is 6.10. The fraction of sp³-hybridized carbons (Fsp3) is 0.0500. The molecular formula is C20H12F2N4. The Labute approximate surface area is 146 Å². The lowest BCUT2D eigenvalue weighted by Gasteiger charge is -2.06. The highest BCUT2D eigenvalue weighted by molar-refractivity contribution is 6.06. The average molecular weight is 346 g/mol. The van der Waals surface area contributed by atoms with E-state index in [-0.39, 0.29) is 11.6 Å². The molecule has 0 N–H and O–H groups in total. The minimum Gasteiger partial charge on any atom is -0.318 e. The summed E-state index contributed by atoms with van der Waals surface area (Å²) in [6.45, 7) is 0.480. The fourth-order valence-corrected chi connectivity index (χ4v) is 3.25. The van der Waals surface area contributed by atoms with E-state index in [2.05, 4.69) is 15.0 Å². The Hall–Kier alpha value is -3.41. The zero-order valence-corrected chi connectivity index (χ0v) is 13.5. The lowest BCUT2D eigenvalue weighted by molar-refractivity contribution is 0.629. The molecule has 0 radical (unpaired) electrons. The Bertz CT molecular complexity index is 1280. The summed E-state index contributed by atoms with van der Waals surface area (Å²) in [7, 11) is 0. The van der Waals surface area contributed by atoms with Crippen LogP contribution in [0.15, 0.2) is 60.8 Å². The molecule has 5 rings (SSSR count). The van der Waals surface area contributed by atoms with Crippen LogP contribution in [0.4, 0.5) is 8.78 Å². The smallest absolute Gasteiger partial charge is 0.160 e. The van der Waals surface area contributed by atoms with Crippen molar-refractivity contribution < 1.29 is 8.78 Å². The van der Waals surface area contributed by atoms with Crippen LogP contribution in [0.2, 0.25) is 0 Å². The van der Waals surface area contributed by atoms with Crippen LogP contribution in [0.25, 0.3) is 33.1 Å². The molecule has 0 aliphatic heterocycles. The maximum absolute atomic E-state index is 13.8. The van der Waals surface area contributed by atoms with Gasteiger partial charge in [-0.25, -0.2) is 18.7 Å². The van der Waals surface area contributed by atoms with Crippen molar-refractivity contribution in [3.63, 3.8) is 0 Å². The summed E-state index contributed by atoms with van der Waals surface area (Å²) in [4.78, 5) is 13.6. The van der Waals surface area contributed by atoms with Crippen LogP contribution in [-0.2, 0) is 6.54 Å². The van der Waals surface area contributed by atoms with E-state index in [9.17, 15) is 8.78 Å². The van der Waals surface area contributed by atoms with Gasteiger partial charge in [-0.1, -0.05) is 6.07 Å². The molecule has 6 heteroatoms. The van der Waals surface area contributed by atoms with Crippen molar-refractivity contribution in [1.82, 2.24) is 19.5 Å². The minimum atomic E-state index is -0.380. The van der Waals surface area contributed by atoms with Gasteiger partial charge in [0.1, 0.15) is 17.2 Å². The standard InChI is InChI=1S/C20H12F2N4/c21-12-5-7-18-15(9-12)19-20(26(18)11-14-3-1-2-8-23-14)25-16-6-4-13(22)10-17(16)24-19/h1-10H,11H2. The highest BCUT2D eigenvalue weighted by Gasteiger charge is 2.16. The number of pyridine rings is 1. The van der Waals surface area contributed by atoms with Gasteiger partial charge in [-0.05, 0) is 42.5 Å². The van der Waals surface area contributed by atoms with Crippen LogP contribution in [-0.4, -0.2) is 19.5 Å². The van der Waals surface area contributed by atoms with Crippen LogP contribution >= 0.6 is 0 Å².